The van der Waals surface area contributed by atoms with Crippen LogP contribution in [0, 0.1) is 0 Å². The van der Waals surface area contributed by atoms with Gasteiger partial charge in [0.1, 0.15) is 0 Å². The van der Waals surface area contributed by atoms with Crippen LogP contribution in [0.3, 0.4) is 0 Å². The number of pyridine rings is 1. The van der Waals surface area contributed by atoms with E-state index in [9.17, 15) is 0 Å². The van der Waals surface area contributed by atoms with Crippen LogP contribution in [0.5, 0.6) is 0 Å². The van der Waals surface area contributed by atoms with Crippen molar-refractivity contribution in [3.05, 3.63) is 240 Å². The van der Waals surface area contributed by atoms with Gasteiger partial charge in [-0.1, -0.05) is 222 Å². The van der Waals surface area contributed by atoms with E-state index in [0.717, 1.165) is 45.0 Å². The summed E-state index contributed by atoms with van der Waals surface area (Å²) in [5, 5.41) is 9.88. The van der Waals surface area contributed by atoms with Gasteiger partial charge in [0.2, 0.25) is 0 Å². The molecule has 0 saturated heterocycles. The van der Waals surface area contributed by atoms with E-state index in [2.05, 4.69) is 341 Å². The van der Waals surface area contributed by atoms with Gasteiger partial charge < -0.3 is 9.80 Å². The zero-order valence-corrected chi connectivity index (χ0v) is 57.0. The van der Waals surface area contributed by atoms with E-state index in [0.29, 0.717) is 0 Å². The molecule has 11 aromatic carbocycles. The third kappa shape index (κ3) is 10.8. The van der Waals surface area contributed by atoms with Gasteiger partial charge in [0.15, 0.2) is 0 Å². The summed E-state index contributed by atoms with van der Waals surface area (Å²) in [6.45, 7) is 41.8. The van der Waals surface area contributed by atoms with Gasteiger partial charge in [0.05, 0.1) is 11.4 Å². The summed E-state index contributed by atoms with van der Waals surface area (Å²) in [6.07, 6.45) is 0. The first-order valence-electron chi connectivity index (χ1n) is 33.1. The van der Waals surface area contributed by atoms with Crippen LogP contribution in [0.4, 0.5) is 34.1 Å². The molecule has 0 aliphatic carbocycles. The highest BCUT2D eigenvalue weighted by Crippen LogP contribution is 2.49. The first kappa shape index (κ1) is 59.9. The summed E-state index contributed by atoms with van der Waals surface area (Å²) < 4.78 is 0. The van der Waals surface area contributed by atoms with E-state index in [4.69, 9.17) is 4.98 Å². The molecule has 12 aromatic rings. The van der Waals surface area contributed by atoms with Gasteiger partial charge in [0.25, 0.3) is 6.71 Å². The van der Waals surface area contributed by atoms with Crippen LogP contribution in [0.25, 0.3) is 76.7 Å². The minimum Gasteiger partial charge on any atom is -0.311 e. The van der Waals surface area contributed by atoms with E-state index in [1.807, 2.05) is 0 Å². The first-order valence-corrected chi connectivity index (χ1v) is 33.1. The summed E-state index contributed by atoms with van der Waals surface area (Å²) in [7, 11) is 0. The lowest BCUT2D eigenvalue weighted by Gasteiger charge is -2.45. The Morgan fingerprint density at radius 1 is 0.253 bits per heavy atom. The molecule has 0 unspecified atom stereocenters. The molecule has 2 aliphatic heterocycles. The average Bonchev–Trinajstić information content (AvgIpc) is 0.692. The molecular formula is C87H88BN3. The van der Waals surface area contributed by atoms with E-state index < -0.39 is 0 Å². The maximum absolute atomic E-state index is 5.87. The average molecular weight is 1190 g/mol. The second-order valence-corrected chi connectivity index (χ2v) is 32.8. The molecule has 3 heterocycles. The molecular weight excluding hydrogens is 1100 g/mol. The summed E-state index contributed by atoms with van der Waals surface area (Å²) in [5.41, 5.74) is 24.7. The number of anilines is 6. The second-order valence-electron chi connectivity index (χ2n) is 32.8. The van der Waals surface area contributed by atoms with Crippen LogP contribution in [0.1, 0.15) is 158 Å². The highest BCUT2D eigenvalue weighted by molar-refractivity contribution is 7.00. The predicted molar refractivity (Wildman–Crippen MR) is 397 cm³/mol. The van der Waals surface area contributed by atoms with E-state index in [-0.39, 0.29) is 39.2 Å². The van der Waals surface area contributed by atoms with E-state index >= 15 is 0 Å². The molecule has 4 heteroatoms. The zero-order chi connectivity index (χ0) is 64.2. The Kier molecular flexibility index (Phi) is 13.8. The Bertz CT molecular complexity index is 4560. The Morgan fingerprint density at radius 2 is 0.549 bits per heavy atom. The number of hydrogen-bond donors (Lipinski definition) is 0. The highest BCUT2D eigenvalue weighted by Gasteiger charge is 2.44. The number of benzene rings is 11. The molecule has 1 aromatic heterocycles. The molecule has 0 amide bonds. The fourth-order valence-electron chi connectivity index (χ4n) is 14.1. The van der Waals surface area contributed by atoms with Crippen molar-refractivity contribution in [2.24, 2.45) is 0 Å². The van der Waals surface area contributed by atoms with Gasteiger partial charge >= 0.3 is 0 Å². The lowest BCUT2D eigenvalue weighted by molar-refractivity contribution is 0.568. The molecule has 91 heavy (non-hydrogen) atoms. The van der Waals surface area contributed by atoms with E-state index in [1.54, 1.807) is 0 Å². The van der Waals surface area contributed by atoms with Gasteiger partial charge in [-0.3, -0.25) is 0 Å². The fourth-order valence-corrected chi connectivity index (χ4v) is 14.1. The van der Waals surface area contributed by atoms with Crippen molar-refractivity contribution in [1.82, 2.24) is 4.98 Å². The van der Waals surface area contributed by atoms with Crippen molar-refractivity contribution in [2.45, 2.75) is 157 Å². The largest absolute Gasteiger partial charge is 0.311 e. The third-order valence-corrected chi connectivity index (χ3v) is 19.8. The molecule has 2 aliphatic rings. The number of hydrogen-bond acceptors (Lipinski definition) is 3. The monoisotopic (exact) mass is 1190 g/mol. The summed E-state index contributed by atoms with van der Waals surface area (Å²) in [5.74, 6) is 0. The summed E-state index contributed by atoms with van der Waals surface area (Å²) in [6, 6.07) is 80.7. The second kappa shape index (κ2) is 20.9. The van der Waals surface area contributed by atoms with Crippen molar-refractivity contribution in [2.75, 3.05) is 9.80 Å². The number of fused-ring (bicyclic) bond motifs is 8. The number of rotatable bonds is 5. The molecule has 0 N–H and O–H groups in total. The molecule has 0 bridgehead atoms. The number of aromatic nitrogens is 1. The predicted octanol–water partition coefficient (Wildman–Crippen LogP) is 22.6. The van der Waals surface area contributed by atoms with Gasteiger partial charge in [-0.25, -0.2) is 4.98 Å². The number of nitrogens with zero attached hydrogens (tertiary/aromatic N) is 3. The molecule has 0 fully saturated rings. The zero-order valence-electron chi connectivity index (χ0n) is 57.0. The fraction of sp³-hybridized carbons (Fsp3) is 0.276. The standard InChI is InChI=1S/C87H88BN3/c1-82(2,3)65-27-31-71(32-28-65)90-77-47-59-37-55-25-21-19-23-53(55)35-57(59)43-73(77)88-74-44-58-36-54-24-20-22-26-56(54)38-60(58)48-78(74)91(72-33-29-66(30-34-72)83(4,5)6)80-50-62(49-79(90)81(80)88)61-45-75(63-39-67(84(7,8)9)51-68(40-63)85(10,11)12)89-76(46-61)64-41-69(86(13,14)15)52-70(42-64)87(16,17)18/h19-52H,1-18H3. The smallest absolute Gasteiger partial charge is 0.252 e. The quantitative estimate of drug-likeness (QED) is 0.126. The molecule has 14 rings (SSSR count). The molecule has 3 nitrogen and oxygen atoms in total. The van der Waals surface area contributed by atoms with Crippen molar-refractivity contribution >= 4 is 100 Å². The molecule has 0 saturated carbocycles. The Labute approximate surface area is 542 Å². The van der Waals surface area contributed by atoms with Gasteiger partial charge in [-0.05, 0) is 246 Å². The molecule has 0 atom stereocenters. The summed E-state index contributed by atoms with van der Waals surface area (Å²) in [4.78, 5) is 11.1. The maximum atomic E-state index is 5.87. The maximum Gasteiger partial charge on any atom is 0.252 e. The van der Waals surface area contributed by atoms with Gasteiger partial charge in [-0.15, -0.1) is 0 Å². The SMILES string of the molecule is CC(C)(C)c1ccc(N2c3cc4cc5ccccc5cc4cc3B3c4cc5cc6ccccc6cc5cc4N(c4ccc(C(C)(C)C)cc4)c4cc(-c5cc(-c6cc(C(C)(C)C)cc(C(C)(C)C)c6)nc(-c6cc(C(C)(C)C)cc(C(C)(C)C)c6)c5)cc2c43)cc1. The molecule has 0 spiro atoms. The van der Waals surface area contributed by atoms with Crippen LogP contribution in [0.15, 0.2) is 206 Å². The highest BCUT2D eigenvalue weighted by atomic mass is 15.2. The first-order chi connectivity index (χ1) is 42.8. The third-order valence-electron chi connectivity index (χ3n) is 19.8. The van der Waals surface area contributed by atoms with Gasteiger partial charge in [0, 0.05) is 45.3 Å². The van der Waals surface area contributed by atoms with Crippen LogP contribution >= 0.6 is 0 Å². The van der Waals surface area contributed by atoms with Crippen LogP contribution in [-0.2, 0) is 32.5 Å². The Balaban J connectivity index is 1.14. The minimum absolute atomic E-state index is 0.0303. The van der Waals surface area contributed by atoms with Crippen LogP contribution < -0.4 is 26.2 Å². The Hall–Kier alpha value is -8.73. The van der Waals surface area contributed by atoms with Crippen molar-refractivity contribution in [1.29, 1.82) is 0 Å². The van der Waals surface area contributed by atoms with Crippen LogP contribution in [-0.4, -0.2) is 11.7 Å². The van der Waals surface area contributed by atoms with Crippen molar-refractivity contribution < 1.29 is 0 Å². The van der Waals surface area contributed by atoms with Gasteiger partial charge in [-0.2, -0.15) is 0 Å². The topological polar surface area (TPSA) is 19.4 Å². The lowest BCUT2D eigenvalue weighted by Crippen LogP contribution is -2.61. The summed E-state index contributed by atoms with van der Waals surface area (Å²) >= 11 is 0. The normalized spacial score (nSPS) is 13.8. The van der Waals surface area contributed by atoms with Crippen molar-refractivity contribution in [3.8, 4) is 33.6 Å². The molecule has 454 valence electrons. The molecule has 0 radical (unpaired) electrons. The minimum atomic E-state index is -0.124. The lowest BCUT2D eigenvalue weighted by atomic mass is 9.33. The van der Waals surface area contributed by atoms with Crippen LogP contribution in [0.2, 0.25) is 0 Å². The van der Waals surface area contributed by atoms with Crippen molar-refractivity contribution in [3.63, 3.8) is 0 Å². The van der Waals surface area contributed by atoms with E-state index in [1.165, 1.54) is 116 Å². The Morgan fingerprint density at radius 3 is 0.857 bits per heavy atom.